The van der Waals surface area contributed by atoms with Gasteiger partial charge in [-0.25, -0.2) is 9.78 Å². The van der Waals surface area contributed by atoms with Gasteiger partial charge in [0.1, 0.15) is 11.4 Å². The Balaban J connectivity index is 2.40. The van der Waals surface area contributed by atoms with Crippen LogP contribution < -0.4 is 4.90 Å². The first-order valence-electron chi connectivity index (χ1n) is 6.75. The van der Waals surface area contributed by atoms with Crippen molar-refractivity contribution in [1.29, 1.82) is 0 Å². The highest BCUT2D eigenvalue weighted by molar-refractivity contribution is 5.93. The second-order valence-electron chi connectivity index (χ2n) is 6.54. The van der Waals surface area contributed by atoms with Crippen LogP contribution >= 0.6 is 0 Å². The van der Waals surface area contributed by atoms with E-state index < -0.39 is 5.97 Å². The summed E-state index contributed by atoms with van der Waals surface area (Å²) in [5.41, 5.74) is 2.60. The number of carbonyl (C=O) groups is 1. The van der Waals surface area contributed by atoms with Gasteiger partial charge in [0, 0.05) is 19.3 Å². The van der Waals surface area contributed by atoms with Crippen molar-refractivity contribution in [2.24, 2.45) is 5.41 Å². The van der Waals surface area contributed by atoms with Gasteiger partial charge in [0.05, 0.1) is 0 Å². The van der Waals surface area contributed by atoms with Crippen LogP contribution in [0.4, 0.5) is 5.82 Å². The lowest BCUT2D eigenvalue weighted by Gasteiger charge is -2.28. The maximum absolute atomic E-state index is 11.4. The molecule has 0 bridgehead atoms. The first-order chi connectivity index (χ1) is 8.78. The molecule has 4 nitrogen and oxygen atoms in total. The Hall–Kier alpha value is -1.58. The molecule has 1 aromatic rings. The quantitative estimate of drug-likeness (QED) is 0.910. The number of anilines is 1. The van der Waals surface area contributed by atoms with E-state index in [1.807, 2.05) is 18.0 Å². The van der Waals surface area contributed by atoms with Crippen molar-refractivity contribution >= 4 is 11.8 Å². The summed E-state index contributed by atoms with van der Waals surface area (Å²) in [6.07, 6.45) is 2.99. The van der Waals surface area contributed by atoms with E-state index in [0.29, 0.717) is 11.4 Å². The summed E-state index contributed by atoms with van der Waals surface area (Å²) in [5.74, 6) is -0.291. The van der Waals surface area contributed by atoms with Crippen molar-refractivity contribution in [1.82, 2.24) is 4.98 Å². The number of carboxylic acids is 1. The minimum atomic E-state index is -0.891. The molecule has 0 aliphatic heterocycles. The van der Waals surface area contributed by atoms with Gasteiger partial charge in [-0.3, -0.25) is 0 Å². The molecule has 1 aromatic heterocycles. The predicted octanol–water partition coefficient (Wildman–Crippen LogP) is 2.75. The van der Waals surface area contributed by atoms with E-state index in [9.17, 15) is 9.90 Å². The summed E-state index contributed by atoms with van der Waals surface area (Å²) >= 11 is 0. The zero-order chi connectivity index (χ0) is 14.2. The zero-order valence-corrected chi connectivity index (χ0v) is 12.2. The van der Waals surface area contributed by atoms with Crippen LogP contribution in [0.5, 0.6) is 0 Å². The molecule has 1 aliphatic rings. The van der Waals surface area contributed by atoms with Gasteiger partial charge < -0.3 is 10.0 Å². The Morgan fingerprint density at radius 1 is 1.42 bits per heavy atom. The number of fused-ring (bicyclic) bond motifs is 1. The second-order valence-corrected chi connectivity index (χ2v) is 6.54. The fourth-order valence-electron chi connectivity index (χ4n) is 2.70. The Kier molecular flexibility index (Phi) is 3.52. The topological polar surface area (TPSA) is 53.4 Å². The van der Waals surface area contributed by atoms with Crippen molar-refractivity contribution in [3.05, 3.63) is 22.9 Å². The number of aromatic carboxylic acids is 1. The lowest BCUT2D eigenvalue weighted by molar-refractivity contribution is 0.0697. The monoisotopic (exact) mass is 262 g/mol. The summed E-state index contributed by atoms with van der Waals surface area (Å²) < 4.78 is 0. The molecule has 19 heavy (non-hydrogen) atoms. The molecule has 104 valence electrons. The number of hydrogen-bond donors (Lipinski definition) is 1. The van der Waals surface area contributed by atoms with Crippen LogP contribution in [0.2, 0.25) is 0 Å². The van der Waals surface area contributed by atoms with E-state index in [4.69, 9.17) is 0 Å². The van der Waals surface area contributed by atoms with Gasteiger partial charge in [-0.1, -0.05) is 20.8 Å². The minimum Gasteiger partial charge on any atom is -0.478 e. The average Bonchev–Trinajstić information content (AvgIpc) is 2.71. The van der Waals surface area contributed by atoms with E-state index >= 15 is 0 Å². The normalized spacial score (nSPS) is 14.3. The molecule has 0 unspecified atom stereocenters. The Morgan fingerprint density at radius 2 is 2.11 bits per heavy atom. The maximum atomic E-state index is 11.4. The van der Waals surface area contributed by atoms with Crippen LogP contribution in [-0.4, -0.2) is 29.7 Å². The molecule has 0 aromatic carbocycles. The third-order valence-electron chi connectivity index (χ3n) is 3.33. The van der Waals surface area contributed by atoms with Crippen LogP contribution in [0, 0.1) is 5.41 Å². The maximum Gasteiger partial charge on any atom is 0.339 e. The molecular formula is C15H22N2O2. The Labute approximate surface area is 114 Å². The molecule has 1 heterocycles. The molecule has 1 N–H and O–H groups in total. The van der Waals surface area contributed by atoms with E-state index in [-0.39, 0.29) is 5.41 Å². The van der Waals surface area contributed by atoms with Crippen molar-refractivity contribution < 1.29 is 9.90 Å². The molecule has 0 saturated heterocycles. The van der Waals surface area contributed by atoms with Gasteiger partial charge in [0.2, 0.25) is 0 Å². The number of rotatable bonds is 3. The minimum absolute atomic E-state index is 0.102. The fourth-order valence-corrected chi connectivity index (χ4v) is 2.70. The molecule has 4 heteroatoms. The number of carboxylic acid groups (broad SMARTS) is 1. The summed E-state index contributed by atoms with van der Waals surface area (Å²) in [7, 11) is 1.92. The largest absolute Gasteiger partial charge is 0.478 e. The summed E-state index contributed by atoms with van der Waals surface area (Å²) in [5, 5.41) is 9.38. The first-order valence-corrected chi connectivity index (χ1v) is 6.75. The molecule has 0 amide bonds. The number of nitrogens with zero attached hydrogens (tertiary/aromatic N) is 2. The Bertz CT molecular complexity index is 504. The highest BCUT2D eigenvalue weighted by Crippen LogP contribution is 2.28. The van der Waals surface area contributed by atoms with Crippen LogP contribution in [0.25, 0.3) is 0 Å². The van der Waals surface area contributed by atoms with E-state index in [2.05, 4.69) is 25.8 Å². The van der Waals surface area contributed by atoms with Crippen LogP contribution in [0.3, 0.4) is 0 Å². The van der Waals surface area contributed by atoms with Gasteiger partial charge >= 0.3 is 5.97 Å². The van der Waals surface area contributed by atoms with Crippen LogP contribution in [0.1, 0.15) is 48.8 Å². The van der Waals surface area contributed by atoms with Gasteiger partial charge in [-0.2, -0.15) is 0 Å². The first kappa shape index (κ1) is 13.8. The van der Waals surface area contributed by atoms with E-state index in [1.165, 1.54) is 0 Å². The van der Waals surface area contributed by atoms with Gasteiger partial charge in [-0.05, 0) is 36.3 Å². The standard InChI is InChI=1S/C15H22N2O2/c1-15(2,3)9-17(4)13-11(14(18)19)8-10-6-5-7-12(10)16-13/h8H,5-7,9H2,1-4H3,(H,18,19). The lowest BCUT2D eigenvalue weighted by Crippen LogP contribution is -2.31. The summed E-state index contributed by atoms with van der Waals surface area (Å²) in [4.78, 5) is 18.0. The van der Waals surface area contributed by atoms with Crippen LogP contribution in [0.15, 0.2) is 6.07 Å². The van der Waals surface area contributed by atoms with Gasteiger partial charge in [-0.15, -0.1) is 0 Å². The molecule has 0 radical (unpaired) electrons. The molecule has 0 spiro atoms. The van der Waals surface area contributed by atoms with E-state index in [0.717, 1.165) is 37.1 Å². The summed E-state index contributed by atoms with van der Waals surface area (Å²) in [6, 6.07) is 1.81. The molecule has 0 saturated carbocycles. The van der Waals surface area contributed by atoms with Crippen molar-refractivity contribution in [2.45, 2.75) is 40.0 Å². The zero-order valence-electron chi connectivity index (χ0n) is 12.2. The van der Waals surface area contributed by atoms with Gasteiger partial charge in [0.25, 0.3) is 0 Å². The third kappa shape index (κ3) is 3.06. The molecule has 2 rings (SSSR count). The fraction of sp³-hybridized carbons (Fsp3) is 0.600. The molecular weight excluding hydrogens is 240 g/mol. The third-order valence-corrected chi connectivity index (χ3v) is 3.33. The SMILES string of the molecule is CN(CC(C)(C)C)c1nc2c(cc1C(=O)O)CCC2. The van der Waals surface area contributed by atoms with Crippen molar-refractivity contribution in [3.8, 4) is 0 Å². The molecule has 1 aliphatic carbocycles. The smallest absolute Gasteiger partial charge is 0.339 e. The van der Waals surface area contributed by atoms with Crippen LogP contribution in [-0.2, 0) is 12.8 Å². The number of hydrogen-bond acceptors (Lipinski definition) is 3. The molecule has 0 fully saturated rings. The number of aryl methyl sites for hydroxylation is 2. The van der Waals surface area contributed by atoms with Crippen molar-refractivity contribution in [3.63, 3.8) is 0 Å². The number of aromatic nitrogens is 1. The van der Waals surface area contributed by atoms with Crippen molar-refractivity contribution in [2.75, 3.05) is 18.5 Å². The lowest BCUT2D eigenvalue weighted by atomic mass is 9.96. The highest BCUT2D eigenvalue weighted by Gasteiger charge is 2.24. The second kappa shape index (κ2) is 4.83. The highest BCUT2D eigenvalue weighted by atomic mass is 16.4. The van der Waals surface area contributed by atoms with E-state index in [1.54, 1.807) is 0 Å². The van der Waals surface area contributed by atoms with Gasteiger partial charge in [0.15, 0.2) is 0 Å². The average molecular weight is 262 g/mol. The Morgan fingerprint density at radius 3 is 2.68 bits per heavy atom. The number of pyridine rings is 1. The summed E-state index contributed by atoms with van der Waals surface area (Å²) in [6.45, 7) is 7.19. The predicted molar refractivity (Wildman–Crippen MR) is 75.9 cm³/mol. The molecule has 0 atom stereocenters.